The molecule has 2 aromatic heterocycles. The van der Waals surface area contributed by atoms with Crippen LogP contribution in [-0.4, -0.2) is 71.7 Å². The Morgan fingerprint density at radius 3 is 2.26 bits per heavy atom. The molecule has 0 bridgehead atoms. The maximum atomic E-state index is 13.4. The molecule has 10 nitrogen and oxygen atoms in total. The van der Waals surface area contributed by atoms with E-state index in [4.69, 9.17) is 4.42 Å². The summed E-state index contributed by atoms with van der Waals surface area (Å²) in [6, 6.07) is 6.92. The number of rotatable bonds is 8. The first kappa shape index (κ1) is 26.3. The number of carbonyl (C=O) groups excluding carboxylic acids is 1. The standard InChI is InChI=1S/C20H22FIN4O6S2/c1-23-19(27)16-14-11-15(22)18(26(34(4,30)31)10-9-25(2)33(3,28)29)24-20(14)32-17(16)12-5-7-13(21)8-6-12/h5-8,11H,9-10H2,1-4H3,(H,23,27). The van der Waals surface area contributed by atoms with Crippen molar-refractivity contribution in [3.63, 3.8) is 0 Å². The maximum absolute atomic E-state index is 13.4. The van der Waals surface area contributed by atoms with Gasteiger partial charge in [0.05, 0.1) is 27.0 Å². The number of benzene rings is 1. The predicted molar refractivity (Wildman–Crippen MR) is 135 cm³/mol. The van der Waals surface area contributed by atoms with Crippen LogP contribution in [0.4, 0.5) is 10.2 Å². The molecule has 0 radical (unpaired) electrons. The lowest BCUT2D eigenvalue weighted by Crippen LogP contribution is -2.39. The van der Waals surface area contributed by atoms with Crippen LogP contribution in [-0.2, 0) is 20.0 Å². The molecule has 2 heterocycles. The Morgan fingerprint density at radius 2 is 1.74 bits per heavy atom. The van der Waals surface area contributed by atoms with Crippen molar-refractivity contribution < 1.29 is 30.4 Å². The summed E-state index contributed by atoms with van der Waals surface area (Å²) in [5, 5.41) is 2.88. The molecule has 1 amide bonds. The van der Waals surface area contributed by atoms with Crippen molar-refractivity contribution in [2.45, 2.75) is 0 Å². The van der Waals surface area contributed by atoms with E-state index in [-0.39, 0.29) is 35.9 Å². The third kappa shape index (κ3) is 5.50. The molecule has 3 rings (SSSR count). The fourth-order valence-corrected chi connectivity index (χ4v) is 5.31. The highest BCUT2D eigenvalue weighted by molar-refractivity contribution is 14.1. The van der Waals surface area contributed by atoms with Crippen molar-refractivity contribution in [2.24, 2.45) is 0 Å². The van der Waals surface area contributed by atoms with Gasteiger partial charge in [0.2, 0.25) is 25.8 Å². The van der Waals surface area contributed by atoms with Gasteiger partial charge in [0, 0.05) is 32.7 Å². The third-order valence-corrected chi connectivity index (χ3v) is 8.26. The molecule has 3 aromatic rings. The van der Waals surface area contributed by atoms with Crippen LogP contribution < -0.4 is 9.62 Å². The van der Waals surface area contributed by atoms with E-state index >= 15 is 0 Å². The Kier molecular flexibility index (Phi) is 7.54. The highest BCUT2D eigenvalue weighted by atomic mass is 127. The number of likely N-dealkylation sites (N-methyl/N-ethyl adjacent to an activating group) is 1. The number of aromatic nitrogens is 1. The van der Waals surface area contributed by atoms with E-state index in [1.165, 1.54) is 38.4 Å². The largest absolute Gasteiger partial charge is 0.437 e. The van der Waals surface area contributed by atoms with Crippen LogP contribution >= 0.6 is 22.6 Å². The first-order chi connectivity index (χ1) is 15.7. The van der Waals surface area contributed by atoms with Gasteiger partial charge in [0.1, 0.15) is 11.6 Å². The Balaban J connectivity index is 2.18. The highest BCUT2D eigenvalue weighted by Gasteiger charge is 2.28. The van der Waals surface area contributed by atoms with Crippen LogP contribution in [0.2, 0.25) is 0 Å². The molecule has 34 heavy (non-hydrogen) atoms. The van der Waals surface area contributed by atoms with E-state index in [9.17, 15) is 26.0 Å². The number of carbonyl (C=O) groups is 1. The van der Waals surface area contributed by atoms with E-state index in [1.54, 1.807) is 6.07 Å². The second-order valence-corrected chi connectivity index (χ2v) is 12.6. The van der Waals surface area contributed by atoms with E-state index in [1.807, 2.05) is 22.6 Å². The molecule has 0 saturated carbocycles. The molecule has 0 aliphatic carbocycles. The molecule has 0 atom stereocenters. The number of amides is 1. The molecule has 1 aromatic carbocycles. The normalized spacial score (nSPS) is 12.3. The first-order valence-corrected chi connectivity index (χ1v) is 14.5. The van der Waals surface area contributed by atoms with Crippen molar-refractivity contribution in [3.05, 3.63) is 45.3 Å². The lowest BCUT2D eigenvalue weighted by molar-refractivity contribution is 0.0964. The molecular formula is C20H22FIN4O6S2. The Hall–Kier alpha value is -2.30. The minimum atomic E-state index is -3.85. The van der Waals surface area contributed by atoms with Crippen molar-refractivity contribution in [3.8, 4) is 11.3 Å². The second-order valence-electron chi connectivity index (χ2n) is 7.46. The van der Waals surface area contributed by atoms with Gasteiger partial charge < -0.3 is 9.73 Å². The molecule has 1 N–H and O–H groups in total. The van der Waals surface area contributed by atoms with Gasteiger partial charge in [0.25, 0.3) is 5.91 Å². The molecule has 14 heteroatoms. The third-order valence-electron chi connectivity index (χ3n) is 5.00. The highest BCUT2D eigenvalue weighted by Crippen LogP contribution is 2.36. The number of furan rings is 1. The number of halogens is 2. The first-order valence-electron chi connectivity index (χ1n) is 9.74. The smallest absolute Gasteiger partial charge is 0.255 e. The Labute approximate surface area is 210 Å². The summed E-state index contributed by atoms with van der Waals surface area (Å²) in [5.74, 6) is -0.741. The van der Waals surface area contributed by atoms with Gasteiger partial charge in [-0.1, -0.05) is 0 Å². The summed E-state index contributed by atoms with van der Waals surface area (Å²) in [4.78, 5) is 17.0. The molecular weight excluding hydrogens is 602 g/mol. The average molecular weight is 624 g/mol. The van der Waals surface area contributed by atoms with Crippen molar-refractivity contribution in [1.82, 2.24) is 14.6 Å². The summed E-state index contributed by atoms with van der Waals surface area (Å²) in [5.41, 5.74) is 0.603. The number of hydrogen-bond acceptors (Lipinski definition) is 7. The minimum Gasteiger partial charge on any atom is -0.437 e. The van der Waals surface area contributed by atoms with Gasteiger partial charge in [-0.25, -0.2) is 25.5 Å². The number of pyridine rings is 1. The van der Waals surface area contributed by atoms with Gasteiger partial charge in [-0.15, -0.1) is 0 Å². The molecule has 0 saturated heterocycles. The number of sulfonamides is 2. The minimum absolute atomic E-state index is 0.00143. The fourth-order valence-electron chi connectivity index (χ4n) is 3.15. The van der Waals surface area contributed by atoms with Gasteiger partial charge >= 0.3 is 0 Å². The van der Waals surface area contributed by atoms with Gasteiger partial charge in [-0.05, 0) is 52.9 Å². The summed E-state index contributed by atoms with van der Waals surface area (Å²) in [6.07, 6.45) is 2.00. The van der Waals surface area contributed by atoms with Crippen molar-refractivity contribution >= 4 is 65.5 Å². The number of anilines is 1. The number of fused-ring (bicyclic) bond motifs is 1. The molecule has 0 unspecified atom stereocenters. The summed E-state index contributed by atoms with van der Waals surface area (Å²) in [7, 11) is -4.58. The van der Waals surface area contributed by atoms with E-state index < -0.39 is 31.8 Å². The SMILES string of the molecule is CNC(=O)c1c(-c2ccc(F)cc2)oc2nc(N(CCN(C)S(C)(=O)=O)S(C)(=O)=O)c(I)cc12. The molecule has 184 valence electrons. The molecule has 0 fully saturated rings. The predicted octanol–water partition coefficient (Wildman–Crippen LogP) is 2.26. The van der Waals surface area contributed by atoms with Crippen LogP contribution in [0.5, 0.6) is 0 Å². The monoisotopic (exact) mass is 624 g/mol. The number of hydrogen-bond donors (Lipinski definition) is 1. The molecule has 0 spiro atoms. The molecule has 0 aliphatic rings. The van der Waals surface area contributed by atoms with Crippen LogP contribution in [0.3, 0.4) is 0 Å². The zero-order chi connectivity index (χ0) is 25.4. The fraction of sp³-hybridized carbons (Fsp3) is 0.300. The molecule has 0 aliphatic heterocycles. The lowest BCUT2D eigenvalue weighted by atomic mass is 10.1. The number of nitrogens with zero attached hydrogens (tertiary/aromatic N) is 3. The van der Waals surface area contributed by atoms with Crippen LogP contribution in [0.15, 0.2) is 34.7 Å². The summed E-state index contributed by atoms with van der Waals surface area (Å²) in [6.45, 7) is -0.297. The zero-order valence-electron chi connectivity index (χ0n) is 18.7. The average Bonchev–Trinajstić information content (AvgIpc) is 3.10. The van der Waals surface area contributed by atoms with Crippen LogP contribution in [0.1, 0.15) is 10.4 Å². The van der Waals surface area contributed by atoms with Crippen molar-refractivity contribution in [2.75, 3.05) is 44.0 Å². The Bertz CT molecular complexity index is 1460. The van der Waals surface area contributed by atoms with E-state index in [0.29, 0.717) is 14.5 Å². The van der Waals surface area contributed by atoms with Gasteiger partial charge in [-0.2, -0.15) is 4.98 Å². The van der Waals surface area contributed by atoms with Gasteiger partial charge in [0.15, 0.2) is 5.82 Å². The van der Waals surface area contributed by atoms with Crippen LogP contribution in [0.25, 0.3) is 22.4 Å². The second kappa shape index (κ2) is 9.75. The Morgan fingerprint density at radius 1 is 1.12 bits per heavy atom. The summed E-state index contributed by atoms with van der Waals surface area (Å²) >= 11 is 1.89. The van der Waals surface area contributed by atoms with Crippen molar-refractivity contribution in [1.29, 1.82) is 0 Å². The lowest BCUT2D eigenvalue weighted by Gasteiger charge is -2.24. The topological polar surface area (TPSA) is 130 Å². The summed E-state index contributed by atoms with van der Waals surface area (Å²) < 4.78 is 70.2. The zero-order valence-corrected chi connectivity index (χ0v) is 22.5. The quantitative estimate of drug-likeness (QED) is 0.381. The van der Waals surface area contributed by atoms with Crippen LogP contribution in [0, 0.1) is 9.39 Å². The van der Waals surface area contributed by atoms with Gasteiger partial charge in [-0.3, -0.25) is 9.10 Å². The van der Waals surface area contributed by atoms with E-state index in [0.717, 1.165) is 21.1 Å². The number of nitrogens with one attached hydrogen (secondary N) is 1. The maximum Gasteiger partial charge on any atom is 0.255 e. The van der Waals surface area contributed by atoms with E-state index in [2.05, 4.69) is 10.3 Å².